The molecule has 2 saturated heterocycles. The standard InChI is InChI=1S/C15H18F3N3O4/c16-15(17,18)8-21-3-1-11(19-21)5-12(22)20-6-10-2-4-25-9-14(10,7-20)13(23)24/h1,3,10H,2,4-9H2,(H,23,24)/t10-,14+/m1/s1. The SMILES string of the molecule is O=C(Cc1ccn(CC(F)(F)F)n1)N1C[C@H]2CCOC[C@@]2(C(=O)O)C1. The number of fused-ring (bicyclic) bond motifs is 1. The highest BCUT2D eigenvalue weighted by Crippen LogP contribution is 2.41. The number of hydrogen-bond donors (Lipinski definition) is 1. The zero-order valence-electron chi connectivity index (χ0n) is 13.3. The van der Waals surface area contributed by atoms with Gasteiger partial charge in [-0.3, -0.25) is 14.3 Å². The van der Waals surface area contributed by atoms with E-state index in [9.17, 15) is 27.9 Å². The number of rotatable bonds is 4. The Morgan fingerprint density at radius 2 is 2.20 bits per heavy atom. The number of likely N-dealkylation sites (tertiary alicyclic amines) is 1. The van der Waals surface area contributed by atoms with Crippen LogP contribution in [-0.4, -0.2) is 64.1 Å². The van der Waals surface area contributed by atoms with E-state index >= 15 is 0 Å². The summed E-state index contributed by atoms with van der Waals surface area (Å²) in [5, 5.41) is 13.3. The number of carbonyl (C=O) groups excluding carboxylic acids is 1. The molecule has 3 heterocycles. The summed E-state index contributed by atoms with van der Waals surface area (Å²) in [5.74, 6) is -1.50. The second-order valence-corrected chi connectivity index (χ2v) is 6.57. The van der Waals surface area contributed by atoms with Crippen LogP contribution in [0.15, 0.2) is 12.3 Å². The van der Waals surface area contributed by atoms with Crippen molar-refractivity contribution in [2.45, 2.75) is 25.6 Å². The van der Waals surface area contributed by atoms with Gasteiger partial charge < -0.3 is 14.7 Å². The fourth-order valence-corrected chi connectivity index (χ4v) is 3.52. The Morgan fingerprint density at radius 3 is 2.84 bits per heavy atom. The minimum Gasteiger partial charge on any atom is -0.481 e. The van der Waals surface area contributed by atoms with Crippen LogP contribution in [0.25, 0.3) is 0 Å². The predicted molar refractivity (Wildman–Crippen MR) is 77.6 cm³/mol. The van der Waals surface area contributed by atoms with Gasteiger partial charge in [-0.1, -0.05) is 0 Å². The molecule has 1 amide bonds. The maximum Gasteiger partial charge on any atom is 0.408 e. The number of amides is 1. The van der Waals surface area contributed by atoms with E-state index in [0.717, 1.165) is 4.68 Å². The maximum absolute atomic E-state index is 12.4. The number of carbonyl (C=O) groups is 2. The lowest BCUT2D eigenvalue weighted by Crippen LogP contribution is -2.46. The number of ether oxygens (including phenoxy) is 1. The molecule has 0 spiro atoms. The molecule has 0 unspecified atom stereocenters. The van der Waals surface area contributed by atoms with Crippen LogP contribution in [0.3, 0.4) is 0 Å². The van der Waals surface area contributed by atoms with Gasteiger partial charge in [0, 0.05) is 25.9 Å². The molecule has 0 radical (unpaired) electrons. The first kappa shape index (κ1) is 17.7. The number of hydrogen-bond acceptors (Lipinski definition) is 4. The average Bonchev–Trinajstić information content (AvgIpc) is 3.10. The highest BCUT2D eigenvalue weighted by atomic mass is 19.4. The summed E-state index contributed by atoms with van der Waals surface area (Å²) in [6.45, 7) is -0.320. The van der Waals surface area contributed by atoms with Gasteiger partial charge in [-0.15, -0.1) is 0 Å². The van der Waals surface area contributed by atoms with Crippen LogP contribution in [0.4, 0.5) is 13.2 Å². The summed E-state index contributed by atoms with van der Waals surface area (Å²) >= 11 is 0. The number of nitrogens with zero attached hydrogens (tertiary/aromatic N) is 3. The van der Waals surface area contributed by atoms with Crippen LogP contribution in [-0.2, 0) is 27.3 Å². The van der Waals surface area contributed by atoms with Gasteiger partial charge in [0.15, 0.2) is 0 Å². The molecule has 10 heteroatoms. The van der Waals surface area contributed by atoms with Crippen molar-refractivity contribution in [3.63, 3.8) is 0 Å². The number of alkyl halides is 3. The van der Waals surface area contributed by atoms with Crippen LogP contribution in [0, 0.1) is 11.3 Å². The van der Waals surface area contributed by atoms with Crippen molar-refractivity contribution in [2.24, 2.45) is 11.3 Å². The lowest BCUT2D eigenvalue weighted by atomic mass is 9.76. The summed E-state index contributed by atoms with van der Waals surface area (Å²) < 4.78 is 43.1. The third-order valence-corrected chi connectivity index (χ3v) is 4.81. The van der Waals surface area contributed by atoms with Crippen LogP contribution < -0.4 is 0 Å². The summed E-state index contributed by atoms with van der Waals surface area (Å²) in [6.07, 6.45) is -2.80. The van der Waals surface area contributed by atoms with Crippen LogP contribution in [0.1, 0.15) is 12.1 Å². The first-order chi connectivity index (χ1) is 11.7. The van der Waals surface area contributed by atoms with Gasteiger partial charge in [-0.25, -0.2) is 0 Å². The molecule has 0 aliphatic carbocycles. The van der Waals surface area contributed by atoms with Gasteiger partial charge >= 0.3 is 12.1 Å². The molecule has 0 bridgehead atoms. The predicted octanol–water partition coefficient (Wildman–Crippen LogP) is 0.938. The molecular weight excluding hydrogens is 343 g/mol. The Bertz CT molecular complexity index is 675. The summed E-state index contributed by atoms with van der Waals surface area (Å²) in [6, 6.07) is 1.36. The topological polar surface area (TPSA) is 84.7 Å². The van der Waals surface area contributed by atoms with Crippen molar-refractivity contribution in [1.29, 1.82) is 0 Å². The van der Waals surface area contributed by atoms with Gasteiger partial charge in [0.2, 0.25) is 5.91 Å². The maximum atomic E-state index is 12.4. The fraction of sp³-hybridized carbons (Fsp3) is 0.667. The first-order valence-corrected chi connectivity index (χ1v) is 7.88. The van der Waals surface area contributed by atoms with Crippen molar-refractivity contribution < 1.29 is 32.6 Å². The normalized spacial score (nSPS) is 26.5. The Hall–Kier alpha value is -2.10. The zero-order chi connectivity index (χ0) is 18.2. The quantitative estimate of drug-likeness (QED) is 0.863. The number of aliphatic carboxylic acids is 1. The molecule has 138 valence electrons. The molecule has 0 aromatic carbocycles. The van der Waals surface area contributed by atoms with Gasteiger partial charge in [0.25, 0.3) is 0 Å². The number of aromatic nitrogens is 2. The highest BCUT2D eigenvalue weighted by molar-refractivity contribution is 5.82. The molecule has 2 aliphatic rings. The van der Waals surface area contributed by atoms with Gasteiger partial charge in [0.1, 0.15) is 12.0 Å². The third kappa shape index (κ3) is 3.63. The molecule has 2 atom stereocenters. The van der Waals surface area contributed by atoms with E-state index in [0.29, 0.717) is 19.6 Å². The van der Waals surface area contributed by atoms with E-state index in [1.54, 1.807) is 0 Å². The average molecular weight is 361 g/mol. The molecule has 1 aromatic rings. The van der Waals surface area contributed by atoms with Crippen molar-refractivity contribution in [3.05, 3.63) is 18.0 Å². The van der Waals surface area contributed by atoms with E-state index in [-0.39, 0.29) is 37.1 Å². The van der Waals surface area contributed by atoms with E-state index in [2.05, 4.69) is 5.10 Å². The van der Waals surface area contributed by atoms with Crippen LogP contribution in [0.2, 0.25) is 0 Å². The molecule has 3 rings (SSSR count). The summed E-state index contributed by atoms with van der Waals surface area (Å²) in [7, 11) is 0. The lowest BCUT2D eigenvalue weighted by Gasteiger charge is -2.33. The molecule has 7 nitrogen and oxygen atoms in total. The Kier molecular flexibility index (Phi) is 4.48. The Labute approximate surface area is 141 Å². The van der Waals surface area contributed by atoms with Crippen molar-refractivity contribution in [3.8, 4) is 0 Å². The highest BCUT2D eigenvalue weighted by Gasteiger charge is 2.55. The van der Waals surface area contributed by atoms with E-state index in [1.165, 1.54) is 17.2 Å². The Balaban J connectivity index is 1.65. The van der Waals surface area contributed by atoms with E-state index < -0.39 is 24.1 Å². The van der Waals surface area contributed by atoms with Crippen molar-refractivity contribution in [2.75, 3.05) is 26.3 Å². The fourth-order valence-electron chi connectivity index (χ4n) is 3.52. The monoisotopic (exact) mass is 361 g/mol. The molecule has 2 aliphatic heterocycles. The van der Waals surface area contributed by atoms with Gasteiger partial charge in [-0.05, 0) is 18.4 Å². The molecule has 1 N–H and O–H groups in total. The Morgan fingerprint density at radius 1 is 1.44 bits per heavy atom. The molecule has 25 heavy (non-hydrogen) atoms. The minimum atomic E-state index is -4.38. The molecule has 2 fully saturated rings. The van der Waals surface area contributed by atoms with Crippen LogP contribution >= 0.6 is 0 Å². The second kappa shape index (κ2) is 6.32. The second-order valence-electron chi connectivity index (χ2n) is 6.57. The minimum absolute atomic E-state index is 0.0507. The molecule has 1 aromatic heterocycles. The summed E-state index contributed by atoms with van der Waals surface area (Å²) in [4.78, 5) is 25.6. The smallest absolute Gasteiger partial charge is 0.408 e. The van der Waals surface area contributed by atoms with Gasteiger partial charge in [0.05, 0.1) is 18.7 Å². The van der Waals surface area contributed by atoms with Crippen molar-refractivity contribution in [1.82, 2.24) is 14.7 Å². The summed E-state index contributed by atoms with van der Waals surface area (Å²) in [5.41, 5.74) is -0.867. The lowest BCUT2D eigenvalue weighted by molar-refractivity contribution is -0.160. The number of carboxylic acids is 1. The molecule has 0 saturated carbocycles. The number of carboxylic acid groups (broad SMARTS) is 1. The number of halogens is 3. The third-order valence-electron chi connectivity index (χ3n) is 4.81. The van der Waals surface area contributed by atoms with Crippen LogP contribution in [0.5, 0.6) is 0 Å². The van der Waals surface area contributed by atoms with Gasteiger partial charge in [-0.2, -0.15) is 18.3 Å². The first-order valence-electron chi connectivity index (χ1n) is 7.88. The van der Waals surface area contributed by atoms with Crippen molar-refractivity contribution >= 4 is 11.9 Å². The molecular formula is C15H18F3N3O4. The largest absolute Gasteiger partial charge is 0.481 e. The van der Waals surface area contributed by atoms with E-state index in [1.807, 2.05) is 0 Å². The zero-order valence-corrected chi connectivity index (χ0v) is 13.3. The van der Waals surface area contributed by atoms with E-state index in [4.69, 9.17) is 4.74 Å².